The third-order valence-corrected chi connectivity index (χ3v) is 3.64. The molecule has 0 saturated carbocycles. The number of nitrogens with zero attached hydrogens (tertiary/aromatic N) is 1. The van der Waals surface area contributed by atoms with E-state index in [1.807, 2.05) is 18.2 Å². The first-order chi connectivity index (χ1) is 10.1. The lowest BCUT2D eigenvalue weighted by molar-refractivity contribution is 0.0933. The van der Waals surface area contributed by atoms with Crippen molar-refractivity contribution in [3.63, 3.8) is 0 Å². The molecule has 1 aliphatic heterocycles. The highest BCUT2D eigenvalue weighted by atomic mass is 16.5. The number of furan rings is 1. The van der Waals surface area contributed by atoms with E-state index in [0.29, 0.717) is 23.8 Å². The Kier molecular flexibility index (Phi) is 3.49. The fourth-order valence-corrected chi connectivity index (χ4v) is 2.78. The van der Waals surface area contributed by atoms with Crippen LogP contribution in [0.15, 0.2) is 22.6 Å². The van der Waals surface area contributed by atoms with Gasteiger partial charge < -0.3 is 19.4 Å². The molecule has 0 radical (unpaired) electrons. The summed E-state index contributed by atoms with van der Waals surface area (Å²) in [6, 6.07) is 5.63. The zero-order valence-electron chi connectivity index (χ0n) is 12.6. The topological polar surface area (TPSA) is 54.7 Å². The number of methoxy groups -OCH3 is 1. The van der Waals surface area contributed by atoms with Gasteiger partial charge in [-0.15, -0.1) is 0 Å². The third kappa shape index (κ3) is 2.44. The van der Waals surface area contributed by atoms with Crippen LogP contribution in [-0.4, -0.2) is 32.7 Å². The maximum atomic E-state index is 12.2. The Hall–Kier alpha value is -2.17. The minimum Gasteiger partial charge on any atom is -0.497 e. The molecule has 21 heavy (non-hydrogen) atoms. The quantitative estimate of drug-likeness (QED) is 0.943. The molecular formula is C16H20N2O3. The maximum Gasteiger partial charge on any atom is 0.289 e. The van der Waals surface area contributed by atoms with Gasteiger partial charge >= 0.3 is 0 Å². The summed E-state index contributed by atoms with van der Waals surface area (Å²) in [5, 5.41) is 3.82. The molecule has 2 heterocycles. The van der Waals surface area contributed by atoms with Crippen molar-refractivity contribution in [3.8, 4) is 5.75 Å². The van der Waals surface area contributed by atoms with Crippen molar-refractivity contribution >= 4 is 22.6 Å². The molecule has 0 aliphatic carbocycles. The summed E-state index contributed by atoms with van der Waals surface area (Å²) < 4.78 is 11.1. The summed E-state index contributed by atoms with van der Waals surface area (Å²) in [5.74, 6) is 1.52. The highest BCUT2D eigenvalue weighted by molar-refractivity contribution is 6.07. The first kappa shape index (κ1) is 13.8. The molecule has 0 unspecified atom stereocenters. The number of benzene rings is 1. The molecule has 1 aliphatic rings. The average Bonchev–Trinajstić information content (AvgIpc) is 2.76. The van der Waals surface area contributed by atoms with Gasteiger partial charge in [0.1, 0.15) is 11.3 Å². The second kappa shape index (κ2) is 5.31. The lowest BCUT2D eigenvalue weighted by Crippen LogP contribution is -2.32. The van der Waals surface area contributed by atoms with Gasteiger partial charge in [-0.3, -0.25) is 4.79 Å². The second-order valence-corrected chi connectivity index (χ2v) is 5.74. The minimum atomic E-state index is -0.147. The molecule has 112 valence electrons. The highest BCUT2D eigenvalue weighted by Gasteiger charge is 2.28. The van der Waals surface area contributed by atoms with Crippen molar-refractivity contribution in [1.29, 1.82) is 0 Å². The molecule has 5 heteroatoms. The Morgan fingerprint density at radius 1 is 1.43 bits per heavy atom. The number of fused-ring (bicyclic) bond motifs is 3. The smallest absolute Gasteiger partial charge is 0.289 e. The molecule has 1 amide bonds. The van der Waals surface area contributed by atoms with Gasteiger partial charge in [-0.1, -0.05) is 13.8 Å². The second-order valence-electron chi connectivity index (χ2n) is 5.74. The van der Waals surface area contributed by atoms with Gasteiger partial charge in [0.05, 0.1) is 12.8 Å². The molecule has 0 bridgehead atoms. The zero-order valence-corrected chi connectivity index (χ0v) is 12.6. The van der Waals surface area contributed by atoms with Crippen molar-refractivity contribution in [2.45, 2.75) is 13.8 Å². The van der Waals surface area contributed by atoms with Crippen LogP contribution in [0.4, 0.5) is 5.69 Å². The predicted octanol–water partition coefficient (Wildman–Crippen LogP) is 2.65. The molecule has 0 saturated heterocycles. The van der Waals surface area contributed by atoms with E-state index < -0.39 is 0 Å². The van der Waals surface area contributed by atoms with Gasteiger partial charge in [0, 0.05) is 25.0 Å². The number of rotatable bonds is 3. The lowest BCUT2D eigenvalue weighted by Gasteiger charge is -2.24. The van der Waals surface area contributed by atoms with Gasteiger partial charge in [0.25, 0.3) is 5.91 Å². The van der Waals surface area contributed by atoms with Gasteiger partial charge in [-0.2, -0.15) is 0 Å². The van der Waals surface area contributed by atoms with Gasteiger partial charge in [0.15, 0.2) is 0 Å². The van der Waals surface area contributed by atoms with E-state index in [4.69, 9.17) is 9.15 Å². The fourth-order valence-electron chi connectivity index (χ4n) is 2.78. The molecule has 5 nitrogen and oxygen atoms in total. The first-order valence-electron chi connectivity index (χ1n) is 7.24. The van der Waals surface area contributed by atoms with Gasteiger partial charge in [-0.25, -0.2) is 0 Å². The summed E-state index contributed by atoms with van der Waals surface area (Å²) in [5.41, 5.74) is 1.60. The summed E-state index contributed by atoms with van der Waals surface area (Å²) in [7, 11) is 1.64. The van der Waals surface area contributed by atoms with E-state index in [1.165, 1.54) is 0 Å². The van der Waals surface area contributed by atoms with Crippen LogP contribution in [0, 0.1) is 5.92 Å². The first-order valence-corrected chi connectivity index (χ1v) is 7.24. The Bertz CT molecular complexity index is 675. The van der Waals surface area contributed by atoms with Crippen LogP contribution in [-0.2, 0) is 0 Å². The van der Waals surface area contributed by atoms with Gasteiger partial charge in [0.2, 0.25) is 5.76 Å². The van der Waals surface area contributed by atoms with Crippen molar-refractivity contribution in [2.75, 3.05) is 31.6 Å². The monoisotopic (exact) mass is 288 g/mol. The third-order valence-electron chi connectivity index (χ3n) is 3.64. The van der Waals surface area contributed by atoms with Crippen LogP contribution < -0.4 is 15.0 Å². The fraction of sp³-hybridized carbons (Fsp3) is 0.438. The van der Waals surface area contributed by atoms with Crippen LogP contribution in [0.1, 0.15) is 24.4 Å². The van der Waals surface area contributed by atoms with Crippen LogP contribution >= 0.6 is 0 Å². The largest absolute Gasteiger partial charge is 0.497 e. The van der Waals surface area contributed by atoms with E-state index in [0.717, 1.165) is 29.9 Å². The van der Waals surface area contributed by atoms with Crippen LogP contribution in [0.25, 0.3) is 11.0 Å². The Balaban J connectivity index is 2.19. The lowest BCUT2D eigenvalue weighted by atomic mass is 10.1. The van der Waals surface area contributed by atoms with Crippen molar-refractivity contribution < 1.29 is 13.9 Å². The SMILES string of the molecule is COc1ccc2oc3c(c2c1)N(CC(C)C)CCNC3=O. The highest BCUT2D eigenvalue weighted by Crippen LogP contribution is 2.37. The van der Waals surface area contributed by atoms with Crippen LogP contribution in [0.5, 0.6) is 5.75 Å². The van der Waals surface area contributed by atoms with E-state index >= 15 is 0 Å². The van der Waals surface area contributed by atoms with Crippen LogP contribution in [0.2, 0.25) is 0 Å². The average molecular weight is 288 g/mol. The normalized spacial score (nSPS) is 15.0. The number of ether oxygens (including phenoxy) is 1. The molecule has 2 aromatic rings. The number of amides is 1. The Labute approximate surface area is 123 Å². The number of carbonyl (C=O) groups excluding carboxylic acids is 1. The molecule has 3 rings (SSSR count). The zero-order chi connectivity index (χ0) is 15.0. The van der Waals surface area contributed by atoms with Crippen molar-refractivity contribution in [3.05, 3.63) is 24.0 Å². The molecule has 1 aromatic carbocycles. The van der Waals surface area contributed by atoms with Gasteiger partial charge in [-0.05, 0) is 24.1 Å². The van der Waals surface area contributed by atoms with E-state index in [-0.39, 0.29) is 5.91 Å². The standard InChI is InChI=1S/C16H20N2O3/c1-10(2)9-18-7-6-17-16(19)15-14(18)12-8-11(20-3)4-5-13(12)21-15/h4-5,8,10H,6-7,9H2,1-3H3,(H,17,19). The summed E-state index contributed by atoms with van der Waals surface area (Å²) >= 11 is 0. The van der Waals surface area contributed by atoms with Crippen molar-refractivity contribution in [2.24, 2.45) is 5.92 Å². The van der Waals surface area contributed by atoms with E-state index in [9.17, 15) is 4.79 Å². The summed E-state index contributed by atoms with van der Waals surface area (Å²) in [4.78, 5) is 14.4. The molecule has 0 fully saturated rings. The predicted molar refractivity (Wildman–Crippen MR) is 82.2 cm³/mol. The molecule has 0 atom stereocenters. The molecule has 1 N–H and O–H groups in total. The molecule has 0 spiro atoms. The molecular weight excluding hydrogens is 268 g/mol. The number of hydrogen-bond acceptors (Lipinski definition) is 4. The minimum absolute atomic E-state index is 0.147. The van der Waals surface area contributed by atoms with Crippen LogP contribution in [0.3, 0.4) is 0 Å². The summed E-state index contributed by atoms with van der Waals surface area (Å²) in [6.45, 7) is 6.63. The maximum absolute atomic E-state index is 12.2. The number of carbonyl (C=O) groups is 1. The summed E-state index contributed by atoms with van der Waals surface area (Å²) in [6.07, 6.45) is 0. The number of anilines is 1. The number of nitrogens with one attached hydrogen (secondary N) is 1. The Morgan fingerprint density at radius 2 is 2.24 bits per heavy atom. The van der Waals surface area contributed by atoms with E-state index in [2.05, 4.69) is 24.1 Å². The van der Waals surface area contributed by atoms with E-state index in [1.54, 1.807) is 7.11 Å². The molecule has 1 aromatic heterocycles. The number of hydrogen-bond donors (Lipinski definition) is 1. The Morgan fingerprint density at radius 3 is 2.95 bits per heavy atom. The van der Waals surface area contributed by atoms with Crippen molar-refractivity contribution in [1.82, 2.24) is 5.32 Å².